The van der Waals surface area contributed by atoms with E-state index in [1.807, 2.05) is 25.1 Å². The average Bonchev–Trinajstić information content (AvgIpc) is 2.29. The van der Waals surface area contributed by atoms with Crippen molar-refractivity contribution in [3.63, 3.8) is 0 Å². The number of aromatic nitrogens is 1. The van der Waals surface area contributed by atoms with Crippen LogP contribution in [0.15, 0.2) is 18.2 Å². The third kappa shape index (κ3) is 6.12. The molecule has 0 fully saturated rings. The molecule has 0 aliphatic rings. The predicted molar refractivity (Wildman–Crippen MR) is 71.7 cm³/mol. The highest BCUT2D eigenvalue weighted by molar-refractivity contribution is 5.36. The molecule has 0 saturated heterocycles. The van der Waals surface area contributed by atoms with E-state index in [9.17, 15) is 0 Å². The van der Waals surface area contributed by atoms with Crippen molar-refractivity contribution in [1.82, 2.24) is 9.88 Å². The Labute approximate surface area is 104 Å². The van der Waals surface area contributed by atoms with Crippen molar-refractivity contribution in [2.75, 3.05) is 39.1 Å². The highest BCUT2D eigenvalue weighted by atomic mass is 16.5. The molecule has 96 valence electrons. The molecular formula is C13H23N3O. The van der Waals surface area contributed by atoms with Crippen molar-refractivity contribution in [1.29, 1.82) is 0 Å². The molecule has 17 heavy (non-hydrogen) atoms. The monoisotopic (exact) mass is 237 g/mol. The number of nitrogens with zero attached hydrogens (tertiary/aromatic N) is 2. The normalized spacial score (nSPS) is 10.6. The first-order valence-electron chi connectivity index (χ1n) is 6.21. The van der Waals surface area contributed by atoms with Crippen molar-refractivity contribution in [2.45, 2.75) is 19.8 Å². The molecule has 1 aromatic rings. The summed E-state index contributed by atoms with van der Waals surface area (Å²) in [6.45, 7) is 4.70. The zero-order valence-corrected chi connectivity index (χ0v) is 11.1. The van der Waals surface area contributed by atoms with E-state index in [-0.39, 0.29) is 0 Å². The maximum absolute atomic E-state index is 5.35. The predicted octanol–water partition coefficient (Wildman–Crippen LogP) is 2.23. The number of anilines is 1. The smallest absolute Gasteiger partial charge is 0.215 e. The van der Waals surface area contributed by atoms with Crippen molar-refractivity contribution in [3.8, 4) is 5.88 Å². The van der Waals surface area contributed by atoms with E-state index in [0.29, 0.717) is 12.5 Å². The zero-order chi connectivity index (χ0) is 12.5. The second-order valence-electron chi connectivity index (χ2n) is 4.23. The molecule has 1 heterocycles. The van der Waals surface area contributed by atoms with Crippen molar-refractivity contribution in [3.05, 3.63) is 18.2 Å². The molecular weight excluding hydrogens is 214 g/mol. The van der Waals surface area contributed by atoms with Gasteiger partial charge in [0, 0.05) is 12.6 Å². The minimum Gasteiger partial charge on any atom is -0.478 e. The van der Waals surface area contributed by atoms with E-state index < -0.39 is 0 Å². The molecule has 0 bridgehead atoms. The molecule has 0 radical (unpaired) electrons. The van der Waals surface area contributed by atoms with Gasteiger partial charge in [-0.25, -0.2) is 0 Å². The first-order chi connectivity index (χ1) is 8.22. The second-order valence-corrected chi connectivity index (χ2v) is 4.23. The largest absolute Gasteiger partial charge is 0.478 e. The fraction of sp³-hybridized carbons (Fsp3) is 0.615. The van der Waals surface area contributed by atoms with Gasteiger partial charge in [0.1, 0.15) is 5.82 Å². The van der Waals surface area contributed by atoms with E-state index in [2.05, 4.69) is 29.3 Å². The molecule has 0 aromatic carbocycles. The summed E-state index contributed by atoms with van der Waals surface area (Å²) in [7, 11) is 4.20. The number of hydrogen-bond acceptors (Lipinski definition) is 4. The molecule has 1 rings (SSSR count). The Balaban J connectivity index is 2.24. The molecule has 0 spiro atoms. The SMILES string of the molecule is CCOc1cccc(NCCCCN(C)C)n1. The summed E-state index contributed by atoms with van der Waals surface area (Å²) in [5.74, 6) is 1.58. The van der Waals surface area contributed by atoms with Gasteiger partial charge in [-0.2, -0.15) is 4.98 Å². The Morgan fingerprint density at radius 2 is 2.12 bits per heavy atom. The number of rotatable bonds is 8. The Morgan fingerprint density at radius 3 is 2.82 bits per heavy atom. The van der Waals surface area contributed by atoms with Gasteiger partial charge in [-0.05, 0) is 46.5 Å². The van der Waals surface area contributed by atoms with Crippen LogP contribution in [0, 0.1) is 0 Å². The summed E-state index contributed by atoms with van der Waals surface area (Å²) in [6.07, 6.45) is 2.35. The minimum absolute atomic E-state index is 0.652. The molecule has 1 aromatic heterocycles. The van der Waals surface area contributed by atoms with Crippen LogP contribution in [0.2, 0.25) is 0 Å². The topological polar surface area (TPSA) is 37.4 Å². The van der Waals surface area contributed by atoms with Crippen LogP contribution < -0.4 is 10.1 Å². The van der Waals surface area contributed by atoms with Crippen LogP contribution in [-0.2, 0) is 0 Å². The van der Waals surface area contributed by atoms with Gasteiger partial charge < -0.3 is 15.0 Å². The lowest BCUT2D eigenvalue weighted by molar-refractivity contribution is 0.327. The summed E-state index contributed by atoms with van der Waals surface area (Å²) in [4.78, 5) is 6.55. The van der Waals surface area contributed by atoms with Gasteiger partial charge >= 0.3 is 0 Å². The summed E-state index contributed by atoms with van der Waals surface area (Å²) in [6, 6.07) is 5.80. The molecule has 4 nitrogen and oxygen atoms in total. The molecule has 1 N–H and O–H groups in total. The Kier molecular flexibility index (Phi) is 6.40. The van der Waals surface area contributed by atoms with Crippen LogP contribution in [0.1, 0.15) is 19.8 Å². The fourth-order valence-corrected chi connectivity index (χ4v) is 1.51. The molecule has 0 amide bonds. The maximum atomic E-state index is 5.35. The van der Waals surface area contributed by atoms with E-state index in [1.54, 1.807) is 0 Å². The van der Waals surface area contributed by atoms with E-state index in [0.717, 1.165) is 25.3 Å². The Bertz CT molecular complexity index is 315. The maximum Gasteiger partial charge on any atom is 0.215 e. The van der Waals surface area contributed by atoms with Crippen molar-refractivity contribution < 1.29 is 4.74 Å². The van der Waals surface area contributed by atoms with E-state index >= 15 is 0 Å². The lowest BCUT2D eigenvalue weighted by Crippen LogP contribution is -2.14. The van der Waals surface area contributed by atoms with Gasteiger partial charge in [0.2, 0.25) is 5.88 Å². The highest BCUT2D eigenvalue weighted by Gasteiger charge is 1.97. The van der Waals surface area contributed by atoms with Crippen LogP contribution in [0.5, 0.6) is 5.88 Å². The van der Waals surface area contributed by atoms with Crippen LogP contribution >= 0.6 is 0 Å². The first kappa shape index (κ1) is 13.8. The molecule has 0 aliphatic heterocycles. The molecule has 0 atom stereocenters. The van der Waals surface area contributed by atoms with Crippen LogP contribution in [-0.4, -0.2) is 43.7 Å². The highest BCUT2D eigenvalue weighted by Crippen LogP contribution is 2.11. The summed E-state index contributed by atoms with van der Waals surface area (Å²) < 4.78 is 5.35. The summed E-state index contributed by atoms with van der Waals surface area (Å²) in [5, 5.41) is 3.31. The number of ether oxygens (including phenoxy) is 1. The number of hydrogen-bond donors (Lipinski definition) is 1. The quantitative estimate of drug-likeness (QED) is 0.704. The molecule has 0 unspecified atom stereocenters. The Hall–Kier alpha value is -1.29. The summed E-state index contributed by atoms with van der Waals surface area (Å²) in [5.41, 5.74) is 0. The summed E-state index contributed by atoms with van der Waals surface area (Å²) >= 11 is 0. The number of nitrogens with one attached hydrogen (secondary N) is 1. The van der Waals surface area contributed by atoms with Gasteiger partial charge in [-0.15, -0.1) is 0 Å². The van der Waals surface area contributed by atoms with Crippen LogP contribution in [0.3, 0.4) is 0 Å². The van der Waals surface area contributed by atoms with Crippen LogP contribution in [0.25, 0.3) is 0 Å². The van der Waals surface area contributed by atoms with Gasteiger partial charge in [0.15, 0.2) is 0 Å². The first-order valence-corrected chi connectivity index (χ1v) is 6.21. The zero-order valence-electron chi connectivity index (χ0n) is 11.1. The van der Waals surface area contributed by atoms with Crippen molar-refractivity contribution >= 4 is 5.82 Å². The molecule has 4 heteroatoms. The van der Waals surface area contributed by atoms with Crippen molar-refractivity contribution in [2.24, 2.45) is 0 Å². The van der Waals surface area contributed by atoms with Gasteiger partial charge in [-0.1, -0.05) is 6.07 Å². The van der Waals surface area contributed by atoms with E-state index in [1.165, 1.54) is 6.42 Å². The average molecular weight is 237 g/mol. The van der Waals surface area contributed by atoms with Gasteiger partial charge in [0.05, 0.1) is 6.61 Å². The lowest BCUT2D eigenvalue weighted by atomic mass is 10.3. The molecule has 0 aliphatic carbocycles. The van der Waals surface area contributed by atoms with Crippen LogP contribution in [0.4, 0.5) is 5.82 Å². The van der Waals surface area contributed by atoms with E-state index in [4.69, 9.17) is 4.74 Å². The third-order valence-electron chi connectivity index (χ3n) is 2.35. The second kappa shape index (κ2) is 7.90. The molecule has 0 saturated carbocycles. The van der Waals surface area contributed by atoms with Gasteiger partial charge in [0.25, 0.3) is 0 Å². The number of unbranched alkanes of at least 4 members (excludes halogenated alkanes) is 1. The lowest BCUT2D eigenvalue weighted by Gasteiger charge is -2.10. The van der Waals surface area contributed by atoms with Gasteiger partial charge in [-0.3, -0.25) is 0 Å². The minimum atomic E-state index is 0.652. The number of pyridine rings is 1. The fourth-order valence-electron chi connectivity index (χ4n) is 1.51. The third-order valence-corrected chi connectivity index (χ3v) is 2.35. The standard InChI is InChI=1S/C13H23N3O/c1-4-17-13-9-7-8-12(15-13)14-10-5-6-11-16(2)3/h7-9H,4-6,10-11H2,1-3H3,(H,14,15). The Morgan fingerprint density at radius 1 is 1.29 bits per heavy atom.